The average Bonchev–Trinajstić information content (AvgIpc) is 2.60. The lowest BCUT2D eigenvalue weighted by Crippen LogP contribution is -2.19. The first-order valence-electron chi connectivity index (χ1n) is 7.57. The smallest absolute Gasteiger partial charge is 0.271 e. The fraction of sp³-hybridized carbons (Fsp3) is 0.222. The van der Waals surface area contributed by atoms with Crippen molar-refractivity contribution in [1.82, 2.24) is 5.43 Å². The summed E-state index contributed by atoms with van der Waals surface area (Å²) in [6, 6.07) is 11.6. The van der Waals surface area contributed by atoms with Crippen LogP contribution in [0.25, 0.3) is 0 Å². The molecule has 0 saturated heterocycles. The van der Waals surface area contributed by atoms with Crippen molar-refractivity contribution in [2.75, 3.05) is 6.61 Å². The number of hydrogen-bond donors (Lipinski definition) is 2. The van der Waals surface area contributed by atoms with Crippen molar-refractivity contribution in [3.63, 3.8) is 0 Å². The number of hydrazone groups is 1. The van der Waals surface area contributed by atoms with Crippen molar-refractivity contribution >= 4 is 23.2 Å². The minimum Gasteiger partial charge on any atom is -0.506 e. The molecule has 0 saturated carbocycles. The van der Waals surface area contributed by atoms with Gasteiger partial charge in [-0.15, -0.1) is 0 Å². The van der Waals surface area contributed by atoms with Gasteiger partial charge in [0.25, 0.3) is 5.91 Å². The van der Waals surface area contributed by atoms with Gasteiger partial charge in [-0.05, 0) is 61.4 Å². The minimum atomic E-state index is -0.318. The second-order valence-corrected chi connectivity index (χ2v) is 5.58. The Balaban J connectivity index is 2.01. The van der Waals surface area contributed by atoms with Crippen molar-refractivity contribution in [3.8, 4) is 11.5 Å². The van der Waals surface area contributed by atoms with E-state index < -0.39 is 0 Å². The van der Waals surface area contributed by atoms with Gasteiger partial charge < -0.3 is 9.84 Å². The molecule has 0 spiro atoms. The summed E-state index contributed by atoms with van der Waals surface area (Å²) in [5, 5.41) is 13.7. The van der Waals surface area contributed by atoms with Crippen LogP contribution < -0.4 is 10.2 Å². The molecule has 1 amide bonds. The molecule has 0 aromatic heterocycles. The summed E-state index contributed by atoms with van der Waals surface area (Å²) < 4.78 is 5.47. The standard InChI is InChI=1S/C18H19ClN2O3/c1-3-10-24-15-7-4-13(5-8-15)18(23)21-20-12(2)14-6-9-17(22)16(19)11-14/h4-9,11,22H,3,10H2,1-2H3,(H,21,23)/b20-12-. The van der Waals surface area contributed by atoms with Crippen LogP contribution in [0.1, 0.15) is 36.2 Å². The molecule has 0 aliphatic carbocycles. The zero-order valence-corrected chi connectivity index (χ0v) is 14.3. The Kier molecular flexibility index (Phi) is 6.21. The third kappa shape index (κ3) is 4.73. The first-order chi connectivity index (χ1) is 11.5. The van der Waals surface area contributed by atoms with Crippen molar-refractivity contribution in [2.24, 2.45) is 5.10 Å². The van der Waals surface area contributed by atoms with Gasteiger partial charge in [0.05, 0.1) is 17.3 Å². The van der Waals surface area contributed by atoms with Crippen molar-refractivity contribution in [3.05, 3.63) is 58.6 Å². The van der Waals surface area contributed by atoms with Gasteiger partial charge in [0.15, 0.2) is 0 Å². The number of nitrogens with zero attached hydrogens (tertiary/aromatic N) is 1. The molecule has 6 heteroatoms. The minimum absolute atomic E-state index is 0.00244. The third-order valence-electron chi connectivity index (χ3n) is 3.28. The first kappa shape index (κ1) is 17.8. The molecular formula is C18H19ClN2O3. The number of carbonyl (C=O) groups excluding carboxylic acids is 1. The highest BCUT2D eigenvalue weighted by atomic mass is 35.5. The number of rotatable bonds is 6. The fourth-order valence-corrected chi connectivity index (χ4v) is 2.10. The van der Waals surface area contributed by atoms with E-state index in [4.69, 9.17) is 16.3 Å². The summed E-state index contributed by atoms with van der Waals surface area (Å²) >= 11 is 5.86. The Hall–Kier alpha value is -2.53. The van der Waals surface area contributed by atoms with Crippen LogP contribution in [0.15, 0.2) is 47.6 Å². The largest absolute Gasteiger partial charge is 0.506 e. The van der Waals surface area contributed by atoms with E-state index in [9.17, 15) is 9.90 Å². The van der Waals surface area contributed by atoms with Gasteiger partial charge in [0.1, 0.15) is 11.5 Å². The Bertz CT molecular complexity index is 742. The van der Waals surface area contributed by atoms with Gasteiger partial charge in [-0.25, -0.2) is 5.43 Å². The maximum atomic E-state index is 12.1. The van der Waals surface area contributed by atoms with Crippen molar-refractivity contribution in [2.45, 2.75) is 20.3 Å². The van der Waals surface area contributed by atoms with Crippen LogP contribution in [0.3, 0.4) is 0 Å². The van der Waals surface area contributed by atoms with Crippen LogP contribution in [-0.2, 0) is 0 Å². The number of hydrogen-bond acceptors (Lipinski definition) is 4. The highest BCUT2D eigenvalue weighted by molar-refractivity contribution is 6.32. The molecule has 0 unspecified atom stereocenters. The lowest BCUT2D eigenvalue weighted by atomic mass is 10.1. The number of carbonyl (C=O) groups is 1. The van der Waals surface area contributed by atoms with E-state index in [-0.39, 0.29) is 16.7 Å². The van der Waals surface area contributed by atoms with Gasteiger partial charge in [0, 0.05) is 5.56 Å². The molecule has 2 aromatic carbocycles. The highest BCUT2D eigenvalue weighted by Crippen LogP contribution is 2.23. The molecule has 0 radical (unpaired) electrons. The second-order valence-electron chi connectivity index (χ2n) is 5.18. The van der Waals surface area contributed by atoms with E-state index in [1.54, 1.807) is 43.3 Å². The van der Waals surface area contributed by atoms with Gasteiger partial charge in [-0.3, -0.25) is 4.79 Å². The quantitative estimate of drug-likeness (QED) is 0.613. The van der Waals surface area contributed by atoms with Crippen LogP contribution in [-0.4, -0.2) is 23.3 Å². The molecule has 0 bridgehead atoms. The van der Waals surface area contributed by atoms with E-state index >= 15 is 0 Å². The van der Waals surface area contributed by atoms with Crippen LogP contribution in [0.2, 0.25) is 5.02 Å². The third-order valence-corrected chi connectivity index (χ3v) is 3.58. The summed E-state index contributed by atoms with van der Waals surface area (Å²) in [7, 11) is 0. The lowest BCUT2D eigenvalue weighted by molar-refractivity contribution is 0.0955. The van der Waals surface area contributed by atoms with Gasteiger partial charge >= 0.3 is 0 Å². The summed E-state index contributed by atoms with van der Waals surface area (Å²) in [5.74, 6) is 0.413. The Labute approximate surface area is 145 Å². The molecule has 0 fully saturated rings. The Morgan fingerprint density at radius 3 is 2.50 bits per heavy atom. The topological polar surface area (TPSA) is 70.9 Å². The van der Waals surface area contributed by atoms with Gasteiger partial charge in [0.2, 0.25) is 0 Å². The van der Waals surface area contributed by atoms with Crippen LogP contribution in [0.5, 0.6) is 11.5 Å². The van der Waals surface area contributed by atoms with Crippen molar-refractivity contribution in [1.29, 1.82) is 0 Å². The molecule has 2 N–H and O–H groups in total. The highest BCUT2D eigenvalue weighted by Gasteiger charge is 2.06. The number of ether oxygens (including phenoxy) is 1. The number of benzene rings is 2. The maximum Gasteiger partial charge on any atom is 0.271 e. The van der Waals surface area contributed by atoms with Crippen LogP contribution in [0, 0.1) is 0 Å². The number of nitrogens with one attached hydrogen (secondary N) is 1. The molecule has 0 atom stereocenters. The molecular weight excluding hydrogens is 328 g/mol. The number of amides is 1. The fourth-order valence-electron chi connectivity index (χ4n) is 1.92. The zero-order chi connectivity index (χ0) is 17.5. The molecule has 2 aromatic rings. The van der Waals surface area contributed by atoms with E-state index in [1.165, 1.54) is 6.07 Å². The number of phenolic OH excluding ortho intramolecular Hbond substituents is 1. The molecule has 2 rings (SSSR count). The number of phenols is 1. The second kappa shape index (κ2) is 8.36. The molecule has 126 valence electrons. The SMILES string of the molecule is CCCOc1ccc(C(=O)N/N=C(/C)c2ccc(O)c(Cl)c2)cc1. The zero-order valence-electron chi connectivity index (χ0n) is 13.5. The number of halogens is 1. The monoisotopic (exact) mass is 346 g/mol. The van der Waals surface area contributed by atoms with Gasteiger partial charge in [-0.2, -0.15) is 5.10 Å². The Morgan fingerprint density at radius 2 is 1.88 bits per heavy atom. The van der Waals surface area contributed by atoms with E-state index in [1.807, 2.05) is 6.92 Å². The van der Waals surface area contributed by atoms with Crippen LogP contribution in [0.4, 0.5) is 0 Å². The Morgan fingerprint density at radius 1 is 1.21 bits per heavy atom. The average molecular weight is 347 g/mol. The summed E-state index contributed by atoms with van der Waals surface area (Å²) in [5.41, 5.74) is 4.27. The predicted octanol–water partition coefficient (Wildman–Crippen LogP) is 3.99. The molecule has 24 heavy (non-hydrogen) atoms. The van der Waals surface area contributed by atoms with Crippen molar-refractivity contribution < 1.29 is 14.6 Å². The summed E-state index contributed by atoms with van der Waals surface area (Å²) in [6.07, 6.45) is 0.928. The predicted molar refractivity (Wildman–Crippen MR) is 95.0 cm³/mol. The van der Waals surface area contributed by atoms with E-state index in [0.29, 0.717) is 23.4 Å². The number of aromatic hydroxyl groups is 1. The van der Waals surface area contributed by atoms with Crippen LogP contribution >= 0.6 is 11.6 Å². The first-order valence-corrected chi connectivity index (χ1v) is 7.95. The maximum absolute atomic E-state index is 12.1. The summed E-state index contributed by atoms with van der Waals surface area (Å²) in [6.45, 7) is 4.42. The van der Waals surface area contributed by atoms with E-state index in [0.717, 1.165) is 12.2 Å². The normalized spacial score (nSPS) is 11.2. The summed E-state index contributed by atoms with van der Waals surface area (Å²) in [4.78, 5) is 12.1. The molecule has 5 nitrogen and oxygen atoms in total. The van der Waals surface area contributed by atoms with Gasteiger partial charge in [-0.1, -0.05) is 18.5 Å². The molecule has 0 aliphatic heterocycles. The van der Waals surface area contributed by atoms with E-state index in [2.05, 4.69) is 10.5 Å². The molecule has 0 aliphatic rings. The lowest BCUT2D eigenvalue weighted by Gasteiger charge is -2.06. The molecule has 0 heterocycles.